The second kappa shape index (κ2) is 18.2. The molecule has 0 aliphatic carbocycles. The van der Waals surface area contributed by atoms with Crippen molar-refractivity contribution in [3.05, 3.63) is 285 Å². The zero-order chi connectivity index (χ0) is 53.8. The van der Waals surface area contributed by atoms with Gasteiger partial charge in [-0.25, -0.2) is 9.97 Å². The van der Waals surface area contributed by atoms with E-state index in [-0.39, 0.29) is 0 Å². The Bertz CT molecular complexity index is 5120. The molecule has 82 heavy (non-hydrogen) atoms. The van der Waals surface area contributed by atoms with Crippen molar-refractivity contribution in [1.82, 2.24) is 33.2 Å². The minimum Gasteiger partial charge on any atom is -0.308 e. The normalized spacial score (nSPS) is 11.9. The molecular formula is C75H47N7. The fraction of sp³-hybridized carbons (Fsp3) is 0. The third-order valence-corrected chi connectivity index (χ3v) is 16.7. The van der Waals surface area contributed by atoms with E-state index < -0.39 is 0 Å². The summed E-state index contributed by atoms with van der Waals surface area (Å²) in [5, 5.41) is 9.19. The van der Waals surface area contributed by atoms with Crippen molar-refractivity contribution >= 4 is 87.2 Å². The van der Waals surface area contributed by atoms with Crippen LogP contribution in [-0.2, 0) is 0 Å². The zero-order valence-corrected chi connectivity index (χ0v) is 44.3. The van der Waals surface area contributed by atoms with Crippen molar-refractivity contribution < 1.29 is 0 Å². The average Bonchev–Trinajstić information content (AvgIpc) is 3.00. The van der Waals surface area contributed by atoms with E-state index in [2.05, 4.69) is 291 Å². The number of para-hydroxylation sites is 8. The molecule has 382 valence electrons. The summed E-state index contributed by atoms with van der Waals surface area (Å²) in [6.07, 6.45) is 3.88. The van der Waals surface area contributed by atoms with Crippen LogP contribution < -0.4 is 0 Å². The van der Waals surface area contributed by atoms with E-state index in [1.54, 1.807) is 0 Å². The molecule has 0 fully saturated rings. The molecule has 17 rings (SSSR count). The second-order valence-electron chi connectivity index (χ2n) is 21.1. The van der Waals surface area contributed by atoms with Crippen molar-refractivity contribution in [2.24, 2.45) is 0 Å². The first-order chi connectivity index (χ1) is 40.8. The van der Waals surface area contributed by atoms with Crippen LogP contribution in [0.5, 0.6) is 0 Å². The molecule has 7 nitrogen and oxygen atoms in total. The number of aromatic nitrogens is 7. The quantitative estimate of drug-likeness (QED) is 0.152. The summed E-state index contributed by atoms with van der Waals surface area (Å²) in [5.41, 5.74) is 18.8. The van der Waals surface area contributed by atoms with Crippen LogP contribution in [-0.4, -0.2) is 33.2 Å². The predicted octanol–water partition coefficient (Wildman–Crippen LogP) is 18.9. The molecule has 0 spiro atoms. The van der Waals surface area contributed by atoms with Gasteiger partial charge in [-0.2, -0.15) is 0 Å². The smallest absolute Gasteiger partial charge is 0.160 e. The molecule has 0 atom stereocenters. The van der Waals surface area contributed by atoms with Gasteiger partial charge in [-0.05, 0) is 72.3 Å². The average molecular weight is 1050 g/mol. The number of pyridine rings is 1. The number of hydrogen-bond donors (Lipinski definition) is 0. The Morgan fingerprint density at radius 2 is 0.512 bits per heavy atom. The summed E-state index contributed by atoms with van der Waals surface area (Å²) in [5.74, 6) is 0.619. The van der Waals surface area contributed by atoms with Crippen molar-refractivity contribution in [2.45, 2.75) is 0 Å². The summed E-state index contributed by atoms with van der Waals surface area (Å²) in [6.45, 7) is 0. The molecule has 0 saturated heterocycles. The van der Waals surface area contributed by atoms with Gasteiger partial charge in [0.15, 0.2) is 5.82 Å². The van der Waals surface area contributed by atoms with Crippen LogP contribution in [0, 0.1) is 0 Å². The molecule has 11 aromatic carbocycles. The monoisotopic (exact) mass is 1050 g/mol. The first-order valence-corrected chi connectivity index (χ1v) is 27.9. The molecule has 0 unspecified atom stereocenters. The van der Waals surface area contributed by atoms with E-state index in [1.807, 2.05) is 12.4 Å². The molecule has 0 aliphatic rings. The molecule has 0 saturated carbocycles. The molecule has 0 radical (unpaired) electrons. The van der Waals surface area contributed by atoms with Gasteiger partial charge < -0.3 is 18.3 Å². The summed E-state index contributed by atoms with van der Waals surface area (Å²) >= 11 is 0. The van der Waals surface area contributed by atoms with Gasteiger partial charge in [-0.1, -0.05) is 206 Å². The summed E-state index contributed by atoms with van der Waals surface area (Å²) < 4.78 is 10.2. The molecule has 0 N–H and O–H groups in total. The Morgan fingerprint density at radius 3 is 0.890 bits per heavy atom. The third-order valence-electron chi connectivity index (χ3n) is 16.7. The Hall–Kier alpha value is -11.2. The van der Waals surface area contributed by atoms with Crippen LogP contribution in [0.15, 0.2) is 285 Å². The molecule has 6 heterocycles. The molecule has 17 aromatic rings. The van der Waals surface area contributed by atoms with Gasteiger partial charge in [0, 0.05) is 72.2 Å². The van der Waals surface area contributed by atoms with E-state index in [0.717, 1.165) is 149 Å². The Kier molecular flexibility index (Phi) is 10.2. The highest BCUT2D eigenvalue weighted by Crippen LogP contribution is 2.54. The van der Waals surface area contributed by atoms with Crippen molar-refractivity contribution in [2.75, 3.05) is 0 Å². The van der Waals surface area contributed by atoms with Crippen LogP contribution in [0.1, 0.15) is 0 Å². The van der Waals surface area contributed by atoms with E-state index in [4.69, 9.17) is 15.0 Å². The highest BCUT2D eigenvalue weighted by Gasteiger charge is 2.36. The topological polar surface area (TPSA) is 58.4 Å². The fourth-order valence-electron chi connectivity index (χ4n) is 13.3. The third kappa shape index (κ3) is 6.74. The van der Waals surface area contributed by atoms with E-state index in [0.29, 0.717) is 5.82 Å². The van der Waals surface area contributed by atoms with E-state index in [9.17, 15) is 0 Å². The summed E-state index contributed by atoms with van der Waals surface area (Å²) in [7, 11) is 0. The lowest BCUT2D eigenvalue weighted by Crippen LogP contribution is -2.16. The van der Waals surface area contributed by atoms with Crippen molar-refractivity contribution in [3.63, 3.8) is 0 Å². The molecule has 6 aromatic heterocycles. The van der Waals surface area contributed by atoms with Gasteiger partial charge in [0.1, 0.15) is 0 Å². The molecular weight excluding hydrogens is 999 g/mol. The number of hydrogen-bond acceptors (Lipinski definition) is 3. The molecule has 7 heteroatoms. The standard InChI is InChI=1S/C75H47N7/c1-3-23-48(24-4-1)59-47-60(78-75(77-59)50-25-5-2-6-26-50)70-71(79-61-35-15-7-27-51(61)52-28-8-16-36-62(52)79)69(49-43-45-76-46-44-49)72(80-63-37-17-9-29-53(63)54-30-10-18-38-64(54)80)74(82-67-41-21-13-33-57(67)58-34-14-22-42-68(58)82)73(70)81-65-39-19-11-31-55(65)56-32-12-20-40-66(56)81/h1-47H. The van der Waals surface area contributed by atoms with Gasteiger partial charge in [0.2, 0.25) is 0 Å². The van der Waals surface area contributed by atoms with Crippen molar-refractivity contribution in [3.8, 4) is 67.8 Å². The van der Waals surface area contributed by atoms with Gasteiger partial charge in [0.05, 0.1) is 83.8 Å². The van der Waals surface area contributed by atoms with Gasteiger partial charge in [-0.3, -0.25) is 4.98 Å². The number of rotatable bonds is 8. The number of fused-ring (bicyclic) bond motifs is 12. The summed E-state index contributed by atoms with van der Waals surface area (Å²) in [4.78, 5) is 16.2. The maximum absolute atomic E-state index is 5.97. The first kappa shape index (κ1) is 45.8. The lowest BCUT2D eigenvalue weighted by molar-refractivity contribution is 1.03. The van der Waals surface area contributed by atoms with Crippen LogP contribution in [0.25, 0.3) is 155 Å². The minimum absolute atomic E-state index is 0.619. The summed E-state index contributed by atoms with van der Waals surface area (Å²) in [6, 6.07) is 98.8. The van der Waals surface area contributed by atoms with Gasteiger partial charge >= 0.3 is 0 Å². The van der Waals surface area contributed by atoms with E-state index in [1.165, 1.54) is 0 Å². The minimum atomic E-state index is 0.619. The fourth-order valence-corrected chi connectivity index (χ4v) is 13.3. The SMILES string of the molecule is c1ccc(-c2cc(-c3c(-n4c5ccccc5c5ccccc54)c(-c4ccncc4)c(-n4c5ccccc5c5ccccc54)c(-n4c5ccccc5c5ccccc54)c3-n3c4ccccc4c4ccccc43)nc(-c3ccccc3)n2)cc1. The zero-order valence-electron chi connectivity index (χ0n) is 44.3. The van der Waals surface area contributed by atoms with Crippen molar-refractivity contribution in [1.29, 1.82) is 0 Å². The van der Waals surface area contributed by atoms with Gasteiger partial charge in [0.25, 0.3) is 0 Å². The highest BCUT2D eigenvalue weighted by atomic mass is 15.1. The largest absolute Gasteiger partial charge is 0.308 e. The lowest BCUT2D eigenvalue weighted by Gasteiger charge is -2.31. The maximum atomic E-state index is 5.97. The molecule has 0 bridgehead atoms. The van der Waals surface area contributed by atoms with Crippen LogP contribution in [0.3, 0.4) is 0 Å². The maximum Gasteiger partial charge on any atom is 0.160 e. The van der Waals surface area contributed by atoms with Crippen LogP contribution in [0.2, 0.25) is 0 Å². The van der Waals surface area contributed by atoms with E-state index >= 15 is 0 Å². The predicted molar refractivity (Wildman–Crippen MR) is 339 cm³/mol. The van der Waals surface area contributed by atoms with Crippen LogP contribution in [0.4, 0.5) is 0 Å². The molecule has 0 amide bonds. The first-order valence-electron chi connectivity index (χ1n) is 27.9. The van der Waals surface area contributed by atoms with Gasteiger partial charge in [-0.15, -0.1) is 0 Å². The number of benzene rings is 11. The Balaban J connectivity index is 1.26. The lowest BCUT2D eigenvalue weighted by atomic mass is 9.91. The van der Waals surface area contributed by atoms with Crippen LogP contribution >= 0.6 is 0 Å². The number of nitrogens with zero attached hydrogens (tertiary/aromatic N) is 7. The Labute approximate surface area is 471 Å². The second-order valence-corrected chi connectivity index (χ2v) is 21.1. The molecule has 0 aliphatic heterocycles. The highest BCUT2D eigenvalue weighted by molar-refractivity contribution is 6.18. The Morgan fingerprint density at radius 1 is 0.220 bits per heavy atom.